The summed E-state index contributed by atoms with van der Waals surface area (Å²) in [4.78, 5) is 0. The van der Waals surface area contributed by atoms with Crippen LogP contribution in [-0.2, 0) is 0 Å². The summed E-state index contributed by atoms with van der Waals surface area (Å²) in [6, 6.07) is 33.5. The van der Waals surface area contributed by atoms with E-state index in [0.717, 1.165) is 28.0 Å². The van der Waals surface area contributed by atoms with E-state index in [1.54, 1.807) is 94.3 Å². The number of ether oxygens (including phenoxy) is 10. The second-order valence-electron chi connectivity index (χ2n) is 14.7. The van der Waals surface area contributed by atoms with Crippen LogP contribution >= 0.6 is 0 Å². The van der Waals surface area contributed by atoms with E-state index in [1.807, 2.05) is 81.5 Å². The Hall–Kier alpha value is -7.72. The van der Waals surface area contributed by atoms with E-state index in [4.69, 9.17) is 47.4 Å². The molecule has 0 atom stereocenters. The van der Waals surface area contributed by atoms with Crippen molar-refractivity contribution in [2.75, 3.05) is 64.0 Å². The van der Waals surface area contributed by atoms with Crippen LogP contribution in [-0.4, -0.2) is 69.6 Å². The molecule has 0 aliphatic heterocycles. The molecular weight excluding hydrogens is 845 g/mol. The average Bonchev–Trinajstić information content (AvgIpc) is 3.37. The maximum Gasteiger partial charge on any atom is 0.203 e. The van der Waals surface area contributed by atoms with E-state index in [9.17, 15) is 0 Å². The third-order valence-corrected chi connectivity index (χ3v) is 9.38. The lowest BCUT2D eigenvalue weighted by Crippen LogP contribution is -2.22. The Morgan fingerprint density at radius 3 is 1.27 bits per heavy atom. The first-order valence-corrected chi connectivity index (χ1v) is 21.0. The van der Waals surface area contributed by atoms with Crippen LogP contribution in [0.2, 0.25) is 0 Å². The zero-order valence-corrected chi connectivity index (χ0v) is 41.3. The highest BCUT2D eigenvalue weighted by molar-refractivity contribution is 5.84. The molecule has 356 valence electrons. The highest BCUT2D eigenvalue weighted by Gasteiger charge is 2.14. The molecule has 0 aliphatic carbocycles. The van der Waals surface area contributed by atoms with Gasteiger partial charge in [-0.05, 0) is 90.7 Å². The van der Waals surface area contributed by atoms with Gasteiger partial charge >= 0.3 is 0 Å². The topological polar surface area (TPSA) is 92.3 Å². The normalized spacial score (nSPS) is 9.79. The molecule has 6 aromatic rings. The van der Waals surface area contributed by atoms with E-state index in [0.29, 0.717) is 51.7 Å². The largest absolute Gasteiger partial charge is 0.496 e. The Morgan fingerprint density at radius 1 is 0.358 bits per heavy atom. The Kier molecular flexibility index (Phi) is 23.9. The summed E-state index contributed by atoms with van der Waals surface area (Å²) in [6.45, 7) is 24.6. The molecule has 0 aromatic heterocycles. The Bertz CT molecular complexity index is 2450. The second kappa shape index (κ2) is 28.9. The molecule has 0 spiro atoms. The molecule has 67 heavy (non-hydrogen) atoms. The SMILES string of the molecule is C=Cc1c(OC)cc(OC)cc1OC.C=Cc1cc(OC)c(OC)c(OC)c1.C=Cc1ccc(OC(C)(C)C)cc1.C=Cc1ccc(OC)c(OC)c1OC.C=Cc1ccc2ccccc2c1. The quantitative estimate of drug-likeness (QED) is 0.0991. The molecule has 0 amide bonds. The first-order chi connectivity index (χ1) is 32.2. The molecule has 0 N–H and O–H groups in total. The molecule has 6 rings (SSSR count). The van der Waals surface area contributed by atoms with Crippen molar-refractivity contribution >= 4 is 41.2 Å². The molecule has 0 unspecified atom stereocenters. The Balaban J connectivity index is 0.000000288. The predicted octanol–water partition coefficient (Wildman–Crippen LogP) is 14.1. The monoisotopic (exact) mass is 912 g/mol. The van der Waals surface area contributed by atoms with Crippen molar-refractivity contribution in [2.45, 2.75) is 26.4 Å². The van der Waals surface area contributed by atoms with Crippen molar-refractivity contribution in [3.63, 3.8) is 0 Å². The van der Waals surface area contributed by atoms with Gasteiger partial charge in [0.05, 0.1) is 69.6 Å². The summed E-state index contributed by atoms with van der Waals surface area (Å²) >= 11 is 0. The van der Waals surface area contributed by atoms with Crippen LogP contribution in [0.3, 0.4) is 0 Å². The molecule has 0 saturated heterocycles. The fourth-order valence-corrected chi connectivity index (χ4v) is 6.10. The molecule has 6 aromatic carbocycles. The first kappa shape index (κ1) is 55.4. The molecule has 0 heterocycles. The van der Waals surface area contributed by atoms with Gasteiger partial charge in [-0.15, -0.1) is 0 Å². The van der Waals surface area contributed by atoms with Gasteiger partial charge < -0.3 is 47.4 Å². The van der Waals surface area contributed by atoms with Gasteiger partial charge in [-0.1, -0.05) is 112 Å². The molecular formula is C57H68O10. The predicted molar refractivity (Wildman–Crippen MR) is 280 cm³/mol. The minimum Gasteiger partial charge on any atom is -0.496 e. The molecule has 10 heteroatoms. The van der Waals surface area contributed by atoms with Gasteiger partial charge in [-0.25, -0.2) is 0 Å². The molecule has 0 radical (unpaired) electrons. The van der Waals surface area contributed by atoms with E-state index in [2.05, 4.69) is 75.4 Å². The smallest absolute Gasteiger partial charge is 0.203 e. The number of methoxy groups -OCH3 is 9. The molecule has 0 aliphatic rings. The van der Waals surface area contributed by atoms with Gasteiger partial charge in [0.1, 0.15) is 28.6 Å². The summed E-state index contributed by atoms with van der Waals surface area (Å²) in [5, 5.41) is 2.55. The number of hydrogen-bond acceptors (Lipinski definition) is 10. The molecule has 0 fully saturated rings. The zero-order chi connectivity index (χ0) is 49.9. The first-order valence-electron chi connectivity index (χ1n) is 21.0. The number of rotatable bonds is 15. The molecule has 0 saturated carbocycles. The van der Waals surface area contributed by atoms with Crippen LogP contribution in [0, 0.1) is 0 Å². The lowest BCUT2D eigenvalue weighted by molar-refractivity contribution is 0.131. The summed E-state index contributed by atoms with van der Waals surface area (Å²) < 4.78 is 52.2. The van der Waals surface area contributed by atoms with Crippen molar-refractivity contribution in [1.29, 1.82) is 0 Å². The van der Waals surface area contributed by atoms with Crippen LogP contribution in [0.5, 0.6) is 57.5 Å². The van der Waals surface area contributed by atoms with E-state index >= 15 is 0 Å². The fraction of sp³-hybridized carbons (Fsp3) is 0.228. The number of fused-ring (bicyclic) bond motifs is 1. The summed E-state index contributed by atoms with van der Waals surface area (Å²) in [5.74, 6) is 6.74. The van der Waals surface area contributed by atoms with Crippen molar-refractivity contribution in [2.24, 2.45) is 0 Å². The van der Waals surface area contributed by atoms with E-state index in [-0.39, 0.29) is 5.60 Å². The third kappa shape index (κ3) is 17.0. The van der Waals surface area contributed by atoms with Gasteiger partial charge in [-0.2, -0.15) is 0 Å². The zero-order valence-electron chi connectivity index (χ0n) is 41.3. The summed E-state index contributed by atoms with van der Waals surface area (Å²) in [7, 11) is 14.3. The van der Waals surface area contributed by atoms with E-state index < -0.39 is 0 Å². The van der Waals surface area contributed by atoms with Crippen LogP contribution in [0.25, 0.3) is 41.2 Å². The maximum atomic E-state index is 5.67. The third-order valence-electron chi connectivity index (χ3n) is 9.38. The van der Waals surface area contributed by atoms with Gasteiger partial charge in [0.25, 0.3) is 0 Å². The number of benzene rings is 6. The van der Waals surface area contributed by atoms with Crippen LogP contribution in [0.15, 0.2) is 136 Å². The van der Waals surface area contributed by atoms with Crippen LogP contribution in [0.4, 0.5) is 0 Å². The average molecular weight is 913 g/mol. The van der Waals surface area contributed by atoms with Gasteiger partial charge in [0, 0.05) is 17.7 Å². The highest BCUT2D eigenvalue weighted by Crippen LogP contribution is 2.40. The van der Waals surface area contributed by atoms with Crippen molar-refractivity contribution in [1.82, 2.24) is 0 Å². The minimum absolute atomic E-state index is 0.129. The van der Waals surface area contributed by atoms with Crippen LogP contribution in [0.1, 0.15) is 48.6 Å². The fourth-order valence-electron chi connectivity index (χ4n) is 6.10. The van der Waals surface area contributed by atoms with Crippen molar-refractivity contribution < 1.29 is 47.4 Å². The number of hydrogen-bond donors (Lipinski definition) is 0. The van der Waals surface area contributed by atoms with Crippen LogP contribution < -0.4 is 47.4 Å². The minimum atomic E-state index is -0.129. The standard InChI is InChI=1S/C12H16O.C12H10.3C11H14O3/c1-5-10-6-8-11(9-7-10)13-12(2,3)4;1-2-10-7-8-11-5-3-4-6-12(11)9-10;1-5-9-10(13-3)6-8(12-2)7-11(9)14-4;1-5-8-6-9(12-2)11(14-4)10(7-8)13-3;1-5-8-6-7-9(12-2)11(14-4)10(8)13-3/h5-9H,1H2,2-4H3;2-9H,1H2;3*5-7H,1H2,2-4H3. The molecule has 0 bridgehead atoms. The second-order valence-corrected chi connectivity index (χ2v) is 14.7. The van der Waals surface area contributed by atoms with E-state index in [1.165, 1.54) is 16.3 Å². The lowest BCUT2D eigenvalue weighted by Gasteiger charge is -2.21. The Labute approximate surface area is 398 Å². The lowest BCUT2D eigenvalue weighted by atomic mass is 10.1. The van der Waals surface area contributed by atoms with Crippen molar-refractivity contribution in [3.8, 4) is 57.5 Å². The maximum absolute atomic E-state index is 5.67. The van der Waals surface area contributed by atoms with Gasteiger partial charge in [0.15, 0.2) is 23.0 Å². The van der Waals surface area contributed by atoms with Crippen molar-refractivity contribution in [3.05, 3.63) is 164 Å². The summed E-state index contributed by atoms with van der Waals surface area (Å²) in [5.41, 5.74) is 4.80. The van der Waals surface area contributed by atoms with Gasteiger partial charge in [-0.3, -0.25) is 0 Å². The summed E-state index contributed by atoms with van der Waals surface area (Å²) in [6.07, 6.45) is 8.82. The van der Waals surface area contributed by atoms with Gasteiger partial charge in [0.2, 0.25) is 11.5 Å². The Morgan fingerprint density at radius 2 is 0.851 bits per heavy atom. The molecule has 10 nitrogen and oxygen atoms in total. The highest BCUT2D eigenvalue weighted by atomic mass is 16.5.